The maximum Gasteiger partial charge on any atom is 0.342 e. The van der Waals surface area contributed by atoms with E-state index in [0.29, 0.717) is 6.54 Å². The van der Waals surface area contributed by atoms with Crippen LogP contribution in [0.3, 0.4) is 0 Å². The molecule has 0 unspecified atom stereocenters. The first-order chi connectivity index (χ1) is 7.18. The smallest absolute Gasteiger partial charge is 0.342 e. The maximum absolute atomic E-state index is 10.5. The van der Waals surface area contributed by atoms with Crippen LogP contribution in [0.25, 0.3) is 0 Å². The number of H-pyrrole nitrogens is 1. The van der Waals surface area contributed by atoms with Crippen molar-refractivity contribution in [3.05, 3.63) is 21.9 Å². The predicted octanol–water partition coefficient (Wildman–Crippen LogP) is 1.09. The maximum atomic E-state index is 10.5. The zero-order chi connectivity index (χ0) is 10.9. The molecule has 0 bridgehead atoms. The van der Waals surface area contributed by atoms with Gasteiger partial charge in [-0.05, 0) is 17.8 Å². The van der Waals surface area contributed by atoms with Gasteiger partial charge in [0, 0.05) is 12.0 Å². The largest absolute Gasteiger partial charge is 0.358 e. The van der Waals surface area contributed by atoms with Gasteiger partial charge in [-0.3, -0.25) is 0 Å². The van der Waals surface area contributed by atoms with E-state index in [4.69, 9.17) is 5.73 Å². The van der Waals surface area contributed by atoms with Crippen LogP contribution in [-0.2, 0) is 5.41 Å². The number of nitrogens with two attached hydrogens (primary N) is 1. The van der Waals surface area contributed by atoms with Gasteiger partial charge >= 0.3 is 5.82 Å². The SMILES string of the molecule is NCC1(c2cc([N+](=O)[O-])[nH]n2)CCCC1. The molecule has 0 radical (unpaired) electrons. The minimum Gasteiger partial charge on any atom is -0.358 e. The van der Waals surface area contributed by atoms with Crippen LogP contribution in [-0.4, -0.2) is 21.7 Å². The Morgan fingerprint density at radius 3 is 2.73 bits per heavy atom. The Hall–Kier alpha value is -1.43. The van der Waals surface area contributed by atoms with E-state index in [1.165, 1.54) is 6.07 Å². The molecule has 6 nitrogen and oxygen atoms in total. The van der Waals surface area contributed by atoms with Gasteiger partial charge in [0.2, 0.25) is 0 Å². The molecule has 3 N–H and O–H groups in total. The zero-order valence-corrected chi connectivity index (χ0v) is 8.40. The molecule has 0 aliphatic heterocycles. The second-order valence-electron chi connectivity index (χ2n) is 4.09. The molecule has 6 heteroatoms. The molecule has 0 atom stereocenters. The van der Waals surface area contributed by atoms with Gasteiger partial charge in [0.25, 0.3) is 0 Å². The molecule has 1 fully saturated rings. The van der Waals surface area contributed by atoms with Crippen LogP contribution in [0.4, 0.5) is 5.82 Å². The summed E-state index contributed by atoms with van der Waals surface area (Å²) in [5.41, 5.74) is 6.37. The van der Waals surface area contributed by atoms with E-state index in [1.54, 1.807) is 0 Å². The molecule has 0 amide bonds. The summed E-state index contributed by atoms with van der Waals surface area (Å²) in [6, 6.07) is 1.51. The normalized spacial score (nSPS) is 19.3. The van der Waals surface area contributed by atoms with Crippen LogP contribution in [0.15, 0.2) is 6.07 Å². The molecule has 0 spiro atoms. The van der Waals surface area contributed by atoms with Gasteiger partial charge in [-0.25, -0.2) is 0 Å². The first kappa shape index (κ1) is 10.1. The third-order valence-corrected chi connectivity index (χ3v) is 3.26. The monoisotopic (exact) mass is 210 g/mol. The molecular formula is C9H14N4O2. The number of aromatic amines is 1. The lowest BCUT2D eigenvalue weighted by Gasteiger charge is -2.23. The van der Waals surface area contributed by atoms with Crippen LogP contribution in [0.1, 0.15) is 31.4 Å². The summed E-state index contributed by atoms with van der Waals surface area (Å²) in [5, 5.41) is 17.0. The Morgan fingerprint density at radius 2 is 2.27 bits per heavy atom. The number of nitro groups is 1. The lowest BCUT2D eigenvalue weighted by atomic mass is 9.83. The number of hydrogen-bond acceptors (Lipinski definition) is 4. The summed E-state index contributed by atoms with van der Waals surface area (Å²) in [5.74, 6) is -0.0512. The summed E-state index contributed by atoms with van der Waals surface area (Å²) in [7, 11) is 0. The molecule has 15 heavy (non-hydrogen) atoms. The van der Waals surface area contributed by atoms with Crippen LogP contribution in [0.5, 0.6) is 0 Å². The van der Waals surface area contributed by atoms with Crippen LogP contribution in [0, 0.1) is 10.1 Å². The van der Waals surface area contributed by atoms with Gasteiger partial charge in [-0.2, -0.15) is 0 Å². The average Bonchev–Trinajstić information content (AvgIpc) is 2.87. The van der Waals surface area contributed by atoms with Crippen molar-refractivity contribution in [2.45, 2.75) is 31.1 Å². The number of nitrogens with one attached hydrogen (secondary N) is 1. The van der Waals surface area contributed by atoms with Gasteiger partial charge in [0.15, 0.2) is 0 Å². The van der Waals surface area contributed by atoms with Gasteiger partial charge in [0.1, 0.15) is 0 Å². The molecule has 1 aromatic rings. The fourth-order valence-corrected chi connectivity index (χ4v) is 2.29. The third-order valence-electron chi connectivity index (χ3n) is 3.26. The summed E-state index contributed by atoms with van der Waals surface area (Å²) in [6.45, 7) is 0.509. The Balaban J connectivity index is 2.30. The second-order valence-corrected chi connectivity index (χ2v) is 4.09. The quantitative estimate of drug-likeness (QED) is 0.576. The molecule has 1 heterocycles. The van der Waals surface area contributed by atoms with Gasteiger partial charge in [-0.15, -0.1) is 5.10 Å². The van der Waals surface area contributed by atoms with E-state index < -0.39 is 4.92 Å². The van der Waals surface area contributed by atoms with Gasteiger partial charge < -0.3 is 15.8 Å². The van der Waals surface area contributed by atoms with Crippen molar-refractivity contribution in [1.82, 2.24) is 10.2 Å². The predicted molar refractivity (Wildman–Crippen MR) is 54.4 cm³/mol. The summed E-state index contributed by atoms with van der Waals surface area (Å²) < 4.78 is 0. The highest BCUT2D eigenvalue weighted by Gasteiger charge is 2.37. The number of hydrogen-bond donors (Lipinski definition) is 2. The Labute approximate surface area is 87.0 Å². The second kappa shape index (κ2) is 3.62. The third kappa shape index (κ3) is 1.61. The molecule has 0 aromatic carbocycles. The first-order valence-corrected chi connectivity index (χ1v) is 5.08. The number of aromatic nitrogens is 2. The van der Waals surface area contributed by atoms with Crippen molar-refractivity contribution in [3.63, 3.8) is 0 Å². The van der Waals surface area contributed by atoms with Crippen molar-refractivity contribution >= 4 is 5.82 Å². The summed E-state index contributed by atoms with van der Waals surface area (Å²) >= 11 is 0. The minimum atomic E-state index is -0.463. The fraction of sp³-hybridized carbons (Fsp3) is 0.667. The van der Waals surface area contributed by atoms with Crippen molar-refractivity contribution in [2.24, 2.45) is 5.73 Å². The molecule has 1 aliphatic rings. The standard InChI is InChI=1S/C9H14N4O2/c10-6-9(3-1-2-4-9)7-5-8(12-11-7)13(14)15/h5H,1-4,6,10H2,(H,11,12). The highest BCUT2D eigenvalue weighted by molar-refractivity contribution is 5.28. The Kier molecular flexibility index (Phi) is 2.44. The number of rotatable bonds is 3. The molecule has 1 aliphatic carbocycles. The molecule has 82 valence electrons. The summed E-state index contributed by atoms with van der Waals surface area (Å²) in [4.78, 5) is 10.1. The Bertz CT molecular complexity index is 368. The lowest BCUT2D eigenvalue weighted by Crippen LogP contribution is -2.32. The highest BCUT2D eigenvalue weighted by Crippen LogP contribution is 2.39. The fourth-order valence-electron chi connectivity index (χ4n) is 2.29. The number of nitrogens with zero attached hydrogens (tertiary/aromatic N) is 2. The minimum absolute atomic E-state index is 0.0512. The van der Waals surface area contributed by atoms with Gasteiger partial charge in [-0.1, -0.05) is 17.9 Å². The molecule has 1 saturated carbocycles. The van der Waals surface area contributed by atoms with E-state index in [1.807, 2.05) is 0 Å². The topological polar surface area (TPSA) is 97.8 Å². The summed E-state index contributed by atoms with van der Waals surface area (Å²) in [6.07, 6.45) is 4.20. The zero-order valence-electron chi connectivity index (χ0n) is 8.40. The van der Waals surface area contributed by atoms with Crippen molar-refractivity contribution in [2.75, 3.05) is 6.54 Å². The first-order valence-electron chi connectivity index (χ1n) is 5.08. The van der Waals surface area contributed by atoms with Crippen LogP contribution < -0.4 is 5.73 Å². The van der Waals surface area contributed by atoms with Crippen LogP contribution >= 0.6 is 0 Å². The van der Waals surface area contributed by atoms with E-state index in [2.05, 4.69) is 10.2 Å². The van der Waals surface area contributed by atoms with Crippen molar-refractivity contribution in [1.29, 1.82) is 0 Å². The highest BCUT2D eigenvalue weighted by atomic mass is 16.6. The van der Waals surface area contributed by atoms with E-state index >= 15 is 0 Å². The molecule has 2 rings (SSSR count). The molecule has 1 aromatic heterocycles. The van der Waals surface area contributed by atoms with Crippen molar-refractivity contribution < 1.29 is 4.92 Å². The van der Waals surface area contributed by atoms with Crippen LogP contribution in [0.2, 0.25) is 0 Å². The van der Waals surface area contributed by atoms with E-state index in [9.17, 15) is 10.1 Å². The molecule has 0 saturated heterocycles. The van der Waals surface area contributed by atoms with Crippen molar-refractivity contribution in [3.8, 4) is 0 Å². The van der Waals surface area contributed by atoms with E-state index in [-0.39, 0.29) is 11.2 Å². The Morgan fingerprint density at radius 1 is 1.60 bits per heavy atom. The molecular weight excluding hydrogens is 196 g/mol. The lowest BCUT2D eigenvalue weighted by molar-refractivity contribution is -0.389. The van der Waals surface area contributed by atoms with E-state index in [0.717, 1.165) is 31.4 Å². The van der Waals surface area contributed by atoms with Gasteiger partial charge in [0.05, 0.1) is 11.8 Å². The average molecular weight is 210 g/mol.